The van der Waals surface area contributed by atoms with Crippen molar-refractivity contribution in [2.24, 2.45) is 10.9 Å². The van der Waals surface area contributed by atoms with Crippen LogP contribution in [-0.2, 0) is 27.7 Å². The molecule has 2 radical (unpaired) electrons. The van der Waals surface area contributed by atoms with E-state index in [0.717, 1.165) is 0 Å². The SMILES string of the molecule is NN=C([O-])c1ccccc1.[Hg+].[c]1ccccc1. The molecule has 0 atom stereocenters. The predicted octanol–water partition coefficient (Wildman–Crippen LogP) is 1.15. The molecule has 3 nitrogen and oxygen atoms in total. The molecule has 2 aromatic rings. The zero-order valence-electron chi connectivity index (χ0n) is 9.41. The Morgan fingerprint density at radius 1 is 1.00 bits per heavy atom. The van der Waals surface area contributed by atoms with Gasteiger partial charge in [0, 0.05) is 5.90 Å². The Morgan fingerprint density at radius 3 is 1.88 bits per heavy atom. The van der Waals surface area contributed by atoms with Gasteiger partial charge in [-0.05, 0) is 11.6 Å². The molecule has 0 amide bonds. The fourth-order valence-electron chi connectivity index (χ4n) is 0.997. The average Bonchev–Trinajstić information content (AvgIpc) is 2.41. The summed E-state index contributed by atoms with van der Waals surface area (Å²) in [6, 6.07) is 21.2. The summed E-state index contributed by atoms with van der Waals surface area (Å²) in [7, 11) is 0. The Hall–Kier alpha value is -1.35. The minimum atomic E-state index is -0.388. The van der Waals surface area contributed by atoms with Crippen molar-refractivity contribution in [1.82, 2.24) is 0 Å². The molecule has 82 valence electrons. The molecule has 17 heavy (non-hydrogen) atoms. The summed E-state index contributed by atoms with van der Waals surface area (Å²) in [5.41, 5.74) is 0.519. The van der Waals surface area contributed by atoms with E-state index in [2.05, 4.69) is 11.2 Å². The molecule has 0 unspecified atom stereocenters. The summed E-state index contributed by atoms with van der Waals surface area (Å²) < 4.78 is 0. The Balaban J connectivity index is 0.000000316. The van der Waals surface area contributed by atoms with Crippen LogP contribution in [-0.4, -0.2) is 5.90 Å². The smallest absolute Gasteiger partial charge is 0.857 e. The number of rotatable bonds is 1. The number of hydrogen-bond acceptors (Lipinski definition) is 3. The van der Waals surface area contributed by atoms with E-state index in [9.17, 15) is 5.11 Å². The first-order valence-electron chi connectivity index (χ1n) is 4.76. The van der Waals surface area contributed by atoms with Crippen LogP contribution in [0.5, 0.6) is 0 Å². The van der Waals surface area contributed by atoms with Crippen molar-refractivity contribution in [2.45, 2.75) is 0 Å². The van der Waals surface area contributed by atoms with Gasteiger partial charge in [0.05, 0.1) is 0 Å². The van der Waals surface area contributed by atoms with Gasteiger partial charge in [0.25, 0.3) is 0 Å². The predicted molar refractivity (Wildman–Crippen MR) is 62.4 cm³/mol. The maximum atomic E-state index is 10.7. The van der Waals surface area contributed by atoms with Crippen molar-refractivity contribution in [3.63, 3.8) is 0 Å². The van der Waals surface area contributed by atoms with E-state index >= 15 is 0 Å². The van der Waals surface area contributed by atoms with Crippen molar-refractivity contribution >= 4 is 5.90 Å². The number of benzene rings is 2. The summed E-state index contributed by atoms with van der Waals surface area (Å²) in [6.07, 6.45) is 0. The van der Waals surface area contributed by atoms with E-state index in [1.807, 2.05) is 36.4 Å². The van der Waals surface area contributed by atoms with Crippen LogP contribution >= 0.6 is 0 Å². The van der Waals surface area contributed by atoms with E-state index in [1.165, 1.54) is 0 Å². The fraction of sp³-hybridized carbons (Fsp3) is 0. The Kier molecular flexibility index (Phi) is 9.06. The van der Waals surface area contributed by atoms with Crippen molar-refractivity contribution in [1.29, 1.82) is 0 Å². The third-order valence-corrected chi connectivity index (χ3v) is 1.75. The molecular formula is C13H12HgN2O. The minimum absolute atomic E-state index is 0. The van der Waals surface area contributed by atoms with Crippen LogP contribution in [0.2, 0.25) is 0 Å². The van der Waals surface area contributed by atoms with Crippen LogP contribution in [0.4, 0.5) is 0 Å². The van der Waals surface area contributed by atoms with Gasteiger partial charge in [-0.15, -0.1) is 0 Å². The number of nitrogens with zero attached hydrogens (tertiary/aromatic N) is 1. The first-order valence-corrected chi connectivity index (χ1v) is 4.76. The molecule has 0 fully saturated rings. The van der Waals surface area contributed by atoms with Crippen molar-refractivity contribution in [3.8, 4) is 0 Å². The second kappa shape index (κ2) is 9.84. The third-order valence-electron chi connectivity index (χ3n) is 1.75. The quantitative estimate of drug-likeness (QED) is 0.251. The second-order valence-electron chi connectivity index (χ2n) is 2.88. The second-order valence-corrected chi connectivity index (χ2v) is 2.88. The van der Waals surface area contributed by atoms with Crippen molar-refractivity contribution in [2.75, 3.05) is 0 Å². The summed E-state index contributed by atoms with van der Waals surface area (Å²) in [6.45, 7) is 0. The van der Waals surface area contributed by atoms with E-state index < -0.39 is 0 Å². The Morgan fingerprint density at radius 2 is 1.53 bits per heavy atom. The standard InChI is InChI=1S/C7H8N2O.C6H5.Hg/c8-9-7(10)6-4-2-1-3-5-6;1-2-4-6-5-3-1;/h1-5H,8H2,(H,9,10);1-5H;/q;;+1/p-1. The molecule has 4 heteroatoms. The van der Waals surface area contributed by atoms with Crippen molar-refractivity contribution in [3.05, 3.63) is 72.3 Å². The van der Waals surface area contributed by atoms with Gasteiger partial charge in [-0.1, -0.05) is 60.7 Å². The Labute approximate surface area is 121 Å². The van der Waals surface area contributed by atoms with Crippen LogP contribution in [0.1, 0.15) is 5.56 Å². The molecule has 0 aliphatic rings. The van der Waals surface area contributed by atoms with Crippen LogP contribution in [0, 0.1) is 6.07 Å². The first-order chi connectivity index (χ1) is 7.84. The van der Waals surface area contributed by atoms with Crippen LogP contribution < -0.4 is 10.9 Å². The van der Waals surface area contributed by atoms with Crippen molar-refractivity contribution < 1.29 is 32.8 Å². The molecular weight excluding hydrogens is 401 g/mol. The molecule has 0 bridgehead atoms. The molecule has 0 saturated heterocycles. The maximum absolute atomic E-state index is 10.7. The van der Waals surface area contributed by atoms with E-state index in [0.29, 0.717) is 5.56 Å². The summed E-state index contributed by atoms with van der Waals surface area (Å²) >= 11 is 0. The molecule has 2 aromatic carbocycles. The van der Waals surface area contributed by atoms with Gasteiger partial charge in [0.2, 0.25) is 0 Å². The van der Waals surface area contributed by atoms with Crippen LogP contribution in [0.15, 0.2) is 65.8 Å². The molecule has 2 N–H and O–H groups in total. The molecule has 0 aromatic heterocycles. The molecule has 0 heterocycles. The fourth-order valence-corrected chi connectivity index (χ4v) is 0.997. The summed E-state index contributed by atoms with van der Waals surface area (Å²) in [5, 5.41) is 13.7. The minimum Gasteiger partial charge on any atom is -0.857 e. The summed E-state index contributed by atoms with van der Waals surface area (Å²) in [5.74, 6) is 4.39. The monoisotopic (exact) mass is 414 g/mol. The third kappa shape index (κ3) is 6.74. The van der Waals surface area contributed by atoms with E-state index in [1.54, 1.807) is 24.3 Å². The summed E-state index contributed by atoms with van der Waals surface area (Å²) in [4.78, 5) is 0. The average molecular weight is 413 g/mol. The Bertz CT molecular complexity index is 391. The molecule has 0 aliphatic heterocycles. The van der Waals surface area contributed by atoms with E-state index in [-0.39, 0.29) is 33.6 Å². The van der Waals surface area contributed by atoms with Gasteiger partial charge in [0.1, 0.15) is 0 Å². The van der Waals surface area contributed by atoms with Crippen LogP contribution in [0.25, 0.3) is 0 Å². The molecule has 0 saturated carbocycles. The van der Waals surface area contributed by atoms with Gasteiger partial charge < -0.3 is 10.9 Å². The van der Waals surface area contributed by atoms with E-state index in [4.69, 9.17) is 5.84 Å². The topological polar surface area (TPSA) is 61.4 Å². The molecule has 0 spiro atoms. The van der Waals surface area contributed by atoms with Gasteiger partial charge >= 0.3 is 27.7 Å². The number of hydrogen-bond donors (Lipinski definition) is 1. The van der Waals surface area contributed by atoms with Crippen LogP contribution in [0.3, 0.4) is 0 Å². The zero-order valence-corrected chi connectivity index (χ0v) is 14.9. The van der Waals surface area contributed by atoms with Gasteiger partial charge in [0.15, 0.2) is 0 Å². The maximum Gasteiger partial charge on any atom is 1.00 e. The van der Waals surface area contributed by atoms with Gasteiger partial charge in [-0.3, -0.25) is 0 Å². The van der Waals surface area contributed by atoms with Gasteiger partial charge in [-0.2, -0.15) is 5.10 Å². The number of hydrazone groups is 1. The zero-order chi connectivity index (χ0) is 11.6. The molecule has 2 rings (SSSR count). The normalized spacial score (nSPS) is 9.53. The largest absolute Gasteiger partial charge is 1.00 e. The molecule has 0 aliphatic carbocycles. The first kappa shape index (κ1) is 15.6. The van der Waals surface area contributed by atoms with Gasteiger partial charge in [-0.25, -0.2) is 0 Å². The number of nitrogens with two attached hydrogens (primary N) is 1.